The minimum Gasteiger partial charge on any atom is -0.360 e. The predicted octanol–water partition coefficient (Wildman–Crippen LogP) is 3.49. The number of benzene rings is 2. The standard InChI is InChI=1S/C18H16N4O/c1-3-17(23)21-14-7-8-15-16(10-14)19-11-20-18(15)22-13-6-4-5-12(2)9-13/h1,3-11,18,22H,2H3,(H-,19,20,21,23)/p+1. The molecule has 0 radical (unpaired) electrons. The summed E-state index contributed by atoms with van der Waals surface area (Å²) in [5.41, 5.74) is 4.76. The van der Waals surface area contributed by atoms with E-state index < -0.39 is 0 Å². The lowest BCUT2D eigenvalue weighted by Crippen LogP contribution is -2.17. The Kier molecular flexibility index (Phi) is 4.04. The van der Waals surface area contributed by atoms with Gasteiger partial charge in [0.2, 0.25) is 6.08 Å². The lowest BCUT2D eigenvalue weighted by molar-refractivity contribution is -0.111. The molecule has 0 aromatic heterocycles. The van der Waals surface area contributed by atoms with Crippen LogP contribution in [0.15, 0.2) is 53.5 Å². The van der Waals surface area contributed by atoms with Gasteiger partial charge in [-0.2, -0.15) is 0 Å². The van der Waals surface area contributed by atoms with Crippen molar-refractivity contribution in [1.29, 1.82) is 0 Å². The summed E-state index contributed by atoms with van der Waals surface area (Å²) in [6, 6.07) is 13.7. The molecule has 114 valence electrons. The van der Waals surface area contributed by atoms with Crippen molar-refractivity contribution in [2.24, 2.45) is 4.99 Å². The van der Waals surface area contributed by atoms with E-state index in [-0.39, 0.29) is 12.1 Å². The fourth-order valence-corrected chi connectivity index (χ4v) is 2.45. The van der Waals surface area contributed by atoms with Gasteiger partial charge in [-0.1, -0.05) is 18.2 Å². The normalized spacial score (nSPS) is 15.2. The molecule has 3 rings (SSSR count). The number of rotatable bonds is 4. The van der Waals surface area contributed by atoms with Crippen LogP contribution in [0.2, 0.25) is 0 Å². The van der Waals surface area contributed by atoms with Crippen molar-refractivity contribution in [3.63, 3.8) is 0 Å². The lowest BCUT2D eigenvalue weighted by atomic mass is 10.1. The Bertz CT molecular complexity index is 782. The summed E-state index contributed by atoms with van der Waals surface area (Å²) in [7, 11) is 0. The van der Waals surface area contributed by atoms with Crippen molar-refractivity contribution in [1.82, 2.24) is 0 Å². The molecule has 1 heterocycles. The molecule has 0 spiro atoms. The Morgan fingerprint density at radius 1 is 1.26 bits per heavy atom. The summed E-state index contributed by atoms with van der Waals surface area (Å²) in [6.07, 6.45) is 2.46. The fraction of sp³-hybridized carbons (Fsp3) is 0.111. The average Bonchev–Trinajstić information content (AvgIpc) is 2.55. The number of hydrogen-bond acceptors (Lipinski definition) is 4. The van der Waals surface area contributed by atoms with Crippen molar-refractivity contribution < 1.29 is 4.79 Å². The number of fused-ring (bicyclic) bond motifs is 1. The van der Waals surface area contributed by atoms with E-state index in [1.165, 1.54) is 5.56 Å². The Labute approximate surface area is 135 Å². The number of hydrogen-bond donors (Lipinski definition) is 3. The second kappa shape index (κ2) is 6.30. The third-order valence-electron chi connectivity index (χ3n) is 3.53. The molecule has 0 saturated carbocycles. The Balaban J connectivity index is 1.83. The van der Waals surface area contributed by atoms with E-state index in [1.807, 2.05) is 43.3 Å². The predicted molar refractivity (Wildman–Crippen MR) is 93.6 cm³/mol. The van der Waals surface area contributed by atoms with Crippen molar-refractivity contribution in [3.05, 3.63) is 66.2 Å². The van der Waals surface area contributed by atoms with Crippen LogP contribution in [0.1, 0.15) is 17.3 Å². The molecule has 3 N–H and O–H groups in total. The zero-order chi connectivity index (χ0) is 16.2. The van der Waals surface area contributed by atoms with Crippen LogP contribution >= 0.6 is 0 Å². The highest BCUT2D eigenvalue weighted by molar-refractivity contribution is 5.99. The molecule has 5 nitrogen and oxygen atoms in total. The number of aliphatic imine (C=N–C) groups is 1. The maximum absolute atomic E-state index is 11.3. The maximum Gasteiger partial charge on any atom is 0.399 e. The molecule has 1 aliphatic heterocycles. The molecule has 2 aromatic carbocycles. The van der Waals surface area contributed by atoms with Crippen molar-refractivity contribution in [3.8, 4) is 0 Å². The molecule has 23 heavy (non-hydrogen) atoms. The zero-order valence-electron chi connectivity index (χ0n) is 12.7. The van der Waals surface area contributed by atoms with E-state index in [4.69, 9.17) is 6.58 Å². The molecule has 1 aliphatic rings. The number of nitrogens with one attached hydrogen (secondary N) is 3. The quantitative estimate of drug-likeness (QED) is 0.598. The molecule has 1 unspecified atom stereocenters. The van der Waals surface area contributed by atoms with Gasteiger partial charge in [-0.15, -0.1) is 4.79 Å². The molecule has 0 aliphatic carbocycles. The van der Waals surface area contributed by atoms with E-state index in [0.29, 0.717) is 5.69 Å². The highest BCUT2D eigenvalue weighted by atomic mass is 16.1. The van der Waals surface area contributed by atoms with Gasteiger partial charge in [0.05, 0.1) is 18.6 Å². The number of nitrogens with zero attached hydrogens (tertiary/aromatic N) is 1. The molecule has 0 saturated heterocycles. The Morgan fingerprint density at radius 3 is 2.91 bits per heavy atom. The molecular weight excluding hydrogens is 288 g/mol. The Hall–Kier alpha value is -3.17. The number of aryl methyl sites for hydroxylation is 1. The first-order valence-corrected chi connectivity index (χ1v) is 7.27. The number of amides is 1. The van der Waals surface area contributed by atoms with Crippen LogP contribution in [0.25, 0.3) is 0 Å². The van der Waals surface area contributed by atoms with Gasteiger partial charge in [-0.3, -0.25) is 0 Å². The fourth-order valence-electron chi connectivity index (χ4n) is 2.45. The summed E-state index contributed by atoms with van der Waals surface area (Å²) < 4.78 is 0. The summed E-state index contributed by atoms with van der Waals surface area (Å²) >= 11 is 0. The van der Waals surface area contributed by atoms with Gasteiger partial charge < -0.3 is 10.6 Å². The topological polar surface area (TPSA) is 65.5 Å². The molecule has 1 atom stereocenters. The first-order chi connectivity index (χ1) is 11.2. The summed E-state index contributed by atoms with van der Waals surface area (Å²) in [6.45, 7) is 7.24. The van der Waals surface area contributed by atoms with Crippen molar-refractivity contribution in [2.45, 2.75) is 13.1 Å². The minimum atomic E-state index is -0.344. The van der Waals surface area contributed by atoms with Crippen LogP contribution in [0.5, 0.6) is 0 Å². The highest BCUT2D eigenvalue weighted by Gasteiger charge is 2.18. The first-order valence-electron chi connectivity index (χ1n) is 7.27. The van der Waals surface area contributed by atoms with Gasteiger partial charge in [0.25, 0.3) is 0 Å². The van der Waals surface area contributed by atoms with Crippen LogP contribution in [0, 0.1) is 13.5 Å². The van der Waals surface area contributed by atoms with E-state index in [0.717, 1.165) is 23.0 Å². The third kappa shape index (κ3) is 3.36. The van der Waals surface area contributed by atoms with Gasteiger partial charge in [0.15, 0.2) is 0 Å². The van der Waals surface area contributed by atoms with Gasteiger partial charge in [0, 0.05) is 16.9 Å². The van der Waals surface area contributed by atoms with Crippen LogP contribution in [-0.2, 0) is 4.79 Å². The SMILES string of the molecule is [CH+]=CC(=O)Nc1ccc2c(c1)NC=NC2Nc1cccc(C)c1. The second-order valence-electron chi connectivity index (χ2n) is 5.30. The van der Waals surface area contributed by atoms with E-state index in [2.05, 4.69) is 27.0 Å². The number of carbonyl (C=O) groups excluding carboxylic acids is 1. The molecule has 0 bridgehead atoms. The minimum absolute atomic E-state index is 0.182. The van der Waals surface area contributed by atoms with Gasteiger partial charge in [-0.05, 0) is 36.8 Å². The monoisotopic (exact) mass is 305 g/mol. The van der Waals surface area contributed by atoms with Crippen molar-refractivity contribution >= 4 is 29.3 Å². The maximum atomic E-state index is 11.3. The van der Waals surface area contributed by atoms with Crippen LogP contribution in [-0.4, -0.2) is 12.2 Å². The highest BCUT2D eigenvalue weighted by Crippen LogP contribution is 2.32. The lowest BCUT2D eigenvalue weighted by Gasteiger charge is -2.23. The van der Waals surface area contributed by atoms with Gasteiger partial charge in [0.1, 0.15) is 6.17 Å². The first kappa shape index (κ1) is 14.8. The van der Waals surface area contributed by atoms with Crippen LogP contribution in [0.4, 0.5) is 17.1 Å². The average molecular weight is 305 g/mol. The summed E-state index contributed by atoms with van der Waals surface area (Å²) in [5, 5.41) is 9.18. The molecular formula is C18H17N4O+. The Morgan fingerprint density at radius 2 is 2.13 bits per heavy atom. The van der Waals surface area contributed by atoms with Crippen LogP contribution in [0.3, 0.4) is 0 Å². The van der Waals surface area contributed by atoms with Gasteiger partial charge in [-0.25, -0.2) is 10.3 Å². The van der Waals surface area contributed by atoms with E-state index in [9.17, 15) is 4.79 Å². The smallest absolute Gasteiger partial charge is 0.360 e. The van der Waals surface area contributed by atoms with Crippen molar-refractivity contribution in [2.75, 3.05) is 16.0 Å². The van der Waals surface area contributed by atoms with Gasteiger partial charge >= 0.3 is 5.91 Å². The molecule has 5 heteroatoms. The molecule has 0 fully saturated rings. The number of carbonyl (C=O) groups is 1. The van der Waals surface area contributed by atoms with E-state index in [1.54, 1.807) is 6.34 Å². The zero-order valence-corrected chi connectivity index (χ0v) is 12.7. The third-order valence-corrected chi connectivity index (χ3v) is 3.53. The molecule has 2 aromatic rings. The summed E-state index contributed by atoms with van der Waals surface area (Å²) in [5.74, 6) is -0.344. The van der Waals surface area contributed by atoms with Crippen LogP contribution < -0.4 is 16.0 Å². The van der Waals surface area contributed by atoms with E-state index >= 15 is 0 Å². The number of anilines is 3. The largest absolute Gasteiger partial charge is 0.399 e. The molecule has 1 amide bonds. The summed E-state index contributed by atoms with van der Waals surface area (Å²) in [4.78, 5) is 15.8. The second-order valence-corrected chi connectivity index (χ2v) is 5.30.